The number of amides is 1. The highest BCUT2D eigenvalue weighted by molar-refractivity contribution is 5.79. The van der Waals surface area contributed by atoms with Gasteiger partial charge in [-0.25, -0.2) is 0 Å². The van der Waals surface area contributed by atoms with Gasteiger partial charge in [-0.15, -0.1) is 0 Å². The van der Waals surface area contributed by atoms with Gasteiger partial charge in [0.15, 0.2) is 0 Å². The summed E-state index contributed by atoms with van der Waals surface area (Å²) >= 11 is 0. The van der Waals surface area contributed by atoms with Crippen molar-refractivity contribution in [2.45, 2.75) is 33.2 Å². The maximum absolute atomic E-state index is 11.3. The highest BCUT2D eigenvalue weighted by Crippen LogP contribution is 2.02. The normalized spacial score (nSPS) is 13.5. The van der Waals surface area contributed by atoms with Crippen LogP contribution in [0.25, 0.3) is 0 Å². The summed E-state index contributed by atoms with van der Waals surface area (Å²) in [6.45, 7) is 11.2. The second-order valence-corrected chi connectivity index (χ2v) is 5.80. The maximum Gasteiger partial charge on any atom is 0.234 e. The Morgan fingerprint density at radius 3 is 2.26 bits per heavy atom. The standard InChI is InChI=1S/C14H32N4O/c1-6-16-13(14(15)19)7-8-18(11-12(2)3)10-9-17(4)5/h12-13,16H,6-11H2,1-5H3,(H2,15,19). The first-order chi connectivity index (χ1) is 8.86. The van der Waals surface area contributed by atoms with Crippen LogP contribution in [0.1, 0.15) is 27.2 Å². The number of likely N-dealkylation sites (N-methyl/N-ethyl adjacent to an activating group) is 2. The quantitative estimate of drug-likeness (QED) is 0.570. The van der Waals surface area contributed by atoms with Crippen molar-refractivity contribution in [1.82, 2.24) is 15.1 Å². The number of nitrogens with two attached hydrogens (primary N) is 1. The molecule has 19 heavy (non-hydrogen) atoms. The van der Waals surface area contributed by atoms with E-state index in [1.54, 1.807) is 0 Å². The lowest BCUT2D eigenvalue weighted by Crippen LogP contribution is -2.44. The van der Waals surface area contributed by atoms with Crippen molar-refractivity contribution in [3.05, 3.63) is 0 Å². The van der Waals surface area contributed by atoms with Crippen LogP contribution in [0.4, 0.5) is 0 Å². The van der Waals surface area contributed by atoms with E-state index in [0.29, 0.717) is 5.92 Å². The topological polar surface area (TPSA) is 61.6 Å². The number of nitrogens with one attached hydrogen (secondary N) is 1. The molecule has 0 saturated carbocycles. The van der Waals surface area contributed by atoms with E-state index in [0.717, 1.165) is 39.1 Å². The fraction of sp³-hybridized carbons (Fsp3) is 0.929. The van der Waals surface area contributed by atoms with Crippen LogP contribution in [-0.2, 0) is 4.79 Å². The van der Waals surface area contributed by atoms with Crippen LogP contribution in [-0.4, -0.2) is 68.6 Å². The lowest BCUT2D eigenvalue weighted by molar-refractivity contribution is -0.120. The lowest BCUT2D eigenvalue weighted by atomic mass is 10.1. The van der Waals surface area contributed by atoms with Crippen LogP contribution in [0.5, 0.6) is 0 Å². The van der Waals surface area contributed by atoms with Crippen LogP contribution in [0.15, 0.2) is 0 Å². The molecule has 1 atom stereocenters. The van der Waals surface area contributed by atoms with Gasteiger partial charge in [-0.1, -0.05) is 20.8 Å². The third-order valence-electron chi connectivity index (χ3n) is 3.01. The van der Waals surface area contributed by atoms with Gasteiger partial charge in [0.2, 0.25) is 5.91 Å². The van der Waals surface area contributed by atoms with Crippen LogP contribution >= 0.6 is 0 Å². The number of carbonyl (C=O) groups is 1. The van der Waals surface area contributed by atoms with Crippen molar-refractivity contribution < 1.29 is 4.79 Å². The highest BCUT2D eigenvalue weighted by atomic mass is 16.1. The molecule has 0 radical (unpaired) electrons. The summed E-state index contributed by atoms with van der Waals surface area (Å²) in [5.41, 5.74) is 5.40. The van der Waals surface area contributed by atoms with E-state index in [-0.39, 0.29) is 11.9 Å². The summed E-state index contributed by atoms with van der Waals surface area (Å²) in [4.78, 5) is 15.9. The SMILES string of the molecule is CCNC(CCN(CCN(C)C)CC(C)C)C(N)=O. The van der Waals surface area contributed by atoms with Gasteiger partial charge >= 0.3 is 0 Å². The largest absolute Gasteiger partial charge is 0.368 e. The van der Waals surface area contributed by atoms with Gasteiger partial charge < -0.3 is 20.9 Å². The van der Waals surface area contributed by atoms with Gasteiger partial charge in [0.1, 0.15) is 0 Å². The third kappa shape index (κ3) is 9.87. The highest BCUT2D eigenvalue weighted by Gasteiger charge is 2.16. The first-order valence-corrected chi connectivity index (χ1v) is 7.26. The molecule has 1 unspecified atom stereocenters. The second kappa shape index (κ2) is 10.2. The number of nitrogens with zero attached hydrogens (tertiary/aromatic N) is 2. The van der Waals surface area contributed by atoms with Gasteiger partial charge in [-0.2, -0.15) is 0 Å². The molecule has 0 aliphatic heterocycles. The molecule has 0 aromatic rings. The first-order valence-electron chi connectivity index (χ1n) is 7.26. The summed E-state index contributed by atoms with van der Waals surface area (Å²) in [5, 5.41) is 3.14. The molecule has 0 aromatic heterocycles. The fourth-order valence-electron chi connectivity index (χ4n) is 2.06. The van der Waals surface area contributed by atoms with Gasteiger partial charge in [0.05, 0.1) is 6.04 Å². The van der Waals surface area contributed by atoms with Crippen molar-refractivity contribution in [2.24, 2.45) is 11.7 Å². The summed E-state index contributed by atoms with van der Waals surface area (Å²) < 4.78 is 0. The lowest BCUT2D eigenvalue weighted by Gasteiger charge is -2.27. The zero-order valence-corrected chi connectivity index (χ0v) is 13.3. The van der Waals surface area contributed by atoms with Gasteiger partial charge in [0, 0.05) is 26.2 Å². The van der Waals surface area contributed by atoms with E-state index in [1.165, 1.54) is 0 Å². The summed E-state index contributed by atoms with van der Waals surface area (Å²) in [5.74, 6) is 0.382. The number of hydrogen-bond donors (Lipinski definition) is 2. The minimum atomic E-state index is -0.251. The zero-order chi connectivity index (χ0) is 14.8. The molecule has 0 fully saturated rings. The van der Waals surface area contributed by atoms with Gasteiger partial charge in [0.25, 0.3) is 0 Å². The van der Waals surface area contributed by atoms with Crippen molar-refractivity contribution in [3.63, 3.8) is 0 Å². The van der Waals surface area contributed by atoms with E-state index in [4.69, 9.17) is 5.73 Å². The van der Waals surface area contributed by atoms with E-state index in [1.807, 2.05) is 6.92 Å². The Kier molecular flexibility index (Phi) is 9.83. The van der Waals surface area contributed by atoms with Crippen LogP contribution in [0.3, 0.4) is 0 Å². The summed E-state index contributed by atoms with van der Waals surface area (Å²) in [6, 6.07) is -0.209. The van der Waals surface area contributed by atoms with Crippen LogP contribution in [0.2, 0.25) is 0 Å². The Bertz CT molecular complexity index is 244. The Morgan fingerprint density at radius 1 is 1.21 bits per heavy atom. The number of carbonyl (C=O) groups excluding carboxylic acids is 1. The van der Waals surface area contributed by atoms with E-state index in [9.17, 15) is 4.79 Å². The monoisotopic (exact) mass is 272 g/mol. The zero-order valence-electron chi connectivity index (χ0n) is 13.3. The van der Waals surface area contributed by atoms with Crippen LogP contribution < -0.4 is 11.1 Å². The first kappa shape index (κ1) is 18.4. The van der Waals surface area contributed by atoms with Gasteiger partial charge in [-0.3, -0.25) is 4.79 Å². The number of primary amides is 1. The Hall–Kier alpha value is -0.650. The fourth-order valence-corrected chi connectivity index (χ4v) is 2.06. The van der Waals surface area contributed by atoms with E-state index in [2.05, 4.69) is 43.1 Å². The molecule has 0 spiro atoms. The van der Waals surface area contributed by atoms with Crippen molar-refractivity contribution in [1.29, 1.82) is 0 Å². The predicted molar refractivity (Wildman–Crippen MR) is 81.1 cm³/mol. The van der Waals surface area contributed by atoms with Crippen molar-refractivity contribution >= 4 is 5.91 Å². The van der Waals surface area contributed by atoms with Crippen LogP contribution in [0, 0.1) is 5.92 Å². The minimum absolute atomic E-state index is 0.209. The summed E-state index contributed by atoms with van der Waals surface area (Å²) in [7, 11) is 4.16. The molecular weight excluding hydrogens is 240 g/mol. The van der Waals surface area contributed by atoms with Crippen molar-refractivity contribution in [3.8, 4) is 0 Å². The molecule has 0 saturated heterocycles. The molecule has 0 bridgehead atoms. The molecular formula is C14H32N4O. The molecule has 3 N–H and O–H groups in total. The third-order valence-corrected chi connectivity index (χ3v) is 3.01. The molecule has 0 aliphatic carbocycles. The smallest absolute Gasteiger partial charge is 0.234 e. The average Bonchev–Trinajstić information content (AvgIpc) is 2.29. The second-order valence-electron chi connectivity index (χ2n) is 5.80. The molecule has 0 aliphatic rings. The molecule has 114 valence electrons. The molecule has 0 rings (SSSR count). The number of rotatable bonds is 11. The summed E-state index contributed by atoms with van der Waals surface area (Å²) in [6.07, 6.45) is 0.781. The average molecular weight is 272 g/mol. The number of hydrogen-bond acceptors (Lipinski definition) is 4. The minimum Gasteiger partial charge on any atom is -0.368 e. The van der Waals surface area contributed by atoms with Crippen molar-refractivity contribution in [2.75, 3.05) is 46.8 Å². The molecule has 0 heterocycles. The predicted octanol–water partition coefficient (Wildman–Crippen LogP) is 0.360. The Morgan fingerprint density at radius 2 is 1.84 bits per heavy atom. The molecule has 0 aromatic carbocycles. The molecule has 5 nitrogen and oxygen atoms in total. The Balaban J connectivity index is 4.24. The maximum atomic E-state index is 11.3. The van der Waals surface area contributed by atoms with E-state index >= 15 is 0 Å². The molecule has 1 amide bonds. The van der Waals surface area contributed by atoms with Gasteiger partial charge in [-0.05, 0) is 33.0 Å². The molecule has 5 heteroatoms. The Labute approximate surface area is 118 Å². The van der Waals surface area contributed by atoms with E-state index < -0.39 is 0 Å².